The summed E-state index contributed by atoms with van der Waals surface area (Å²) in [6, 6.07) is 23.7. The first-order valence-corrected chi connectivity index (χ1v) is 12.0. The van der Waals surface area contributed by atoms with Crippen LogP contribution in [0.1, 0.15) is 40.2 Å². The fourth-order valence-corrected chi connectivity index (χ4v) is 3.86. The third-order valence-corrected chi connectivity index (χ3v) is 5.94. The van der Waals surface area contributed by atoms with Crippen LogP contribution in [0.4, 0.5) is 10.5 Å². The predicted molar refractivity (Wildman–Crippen MR) is 141 cm³/mol. The highest BCUT2D eigenvalue weighted by Gasteiger charge is 2.23. The number of carbonyl (C=O) groups is 3. The number of aryl methyl sites for hydroxylation is 1. The molecule has 0 aliphatic heterocycles. The van der Waals surface area contributed by atoms with Gasteiger partial charge in [-0.3, -0.25) is 10.1 Å². The first kappa shape index (κ1) is 26.2. The Morgan fingerprint density at radius 1 is 0.947 bits per heavy atom. The molecular weight excluding hydrogens is 486 g/mol. The number of nitrogens with zero attached hydrogens (tertiary/aromatic N) is 1. The lowest BCUT2D eigenvalue weighted by atomic mass is 10.0. The SMILES string of the molecule is Cc1noc(-c2ccc(C(=O)N[C@@H](Cc3ccccc3)C(=O)O)cc2)c1NC(=O)O[C@@H](C)c1ccccc1. The van der Waals surface area contributed by atoms with E-state index in [4.69, 9.17) is 9.26 Å². The number of carboxylic acids is 1. The van der Waals surface area contributed by atoms with E-state index in [-0.39, 0.29) is 12.0 Å². The first-order chi connectivity index (χ1) is 18.3. The van der Waals surface area contributed by atoms with Crippen molar-refractivity contribution in [2.45, 2.75) is 32.4 Å². The fourth-order valence-electron chi connectivity index (χ4n) is 3.86. The monoisotopic (exact) mass is 513 g/mol. The second kappa shape index (κ2) is 11.9. The number of rotatable bonds is 9. The van der Waals surface area contributed by atoms with Crippen LogP contribution in [-0.4, -0.2) is 34.3 Å². The number of amides is 2. The number of benzene rings is 3. The van der Waals surface area contributed by atoms with Crippen molar-refractivity contribution >= 4 is 23.7 Å². The van der Waals surface area contributed by atoms with Crippen LogP contribution >= 0.6 is 0 Å². The Balaban J connectivity index is 1.43. The van der Waals surface area contributed by atoms with E-state index in [2.05, 4.69) is 15.8 Å². The van der Waals surface area contributed by atoms with Crippen LogP contribution in [0.3, 0.4) is 0 Å². The number of carboxylic acid groups (broad SMARTS) is 1. The molecule has 1 aromatic heterocycles. The molecule has 2 amide bonds. The highest BCUT2D eigenvalue weighted by Crippen LogP contribution is 2.31. The fraction of sp³-hybridized carbons (Fsp3) is 0.172. The normalized spacial score (nSPS) is 12.3. The van der Waals surface area contributed by atoms with E-state index < -0.39 is 30.1 Å². The van der Waals surface area contributed by atoms with Gasteiger partial charge < -0.3 is 19.7 Å². The number of carbonyl (C=O) groups excluding carboxylic acids is 2. The number of hydrogen-bond acceptors (Lipinski definition) is 6. The molecule has 0 spiro atoms. The van der Waals surface area contributed by atoms with Gasteiger partial charge in [0.1, 0.15) is 23.5 Å². The smallest absolute Gasteiger partial charge is 0.412 e. The number of aromatic nitrogens is 1. The average molecular weight is 514 g/mol. The van der Waals surface area contributed by atoms with E-state index >= 15 is 0 Å². The molecule has 3 N–H and O–H groups in total. The van der Waals surface area contributed by atoms with E-state index in [9.17, 15) is 19.5 Å². The summed E-state index contributed by atoms with van der Waals surface area (Å²) >= 11 is 0. The van der Waals surface area contributed by atoms with Gasteiger partial charge >= 0.3 is 12.1 Å². The predicted octanol–water partition coefficient (Wildman–Crippen LogP) is 5.39. The molecule has 0 aliphatic rings. The van der Waals surface area contributed by atoms with Crippen molar-refractivity contribution in [2.24, 2.45) is 0 Å². The Morgan fingerprint density at radius 2 is 1.58 bits per heavy atom. The van der Waals surface area contributed by atoms with Gasteiger partial charge in [-0.25, -0.2) is 9.59 Å². The number of aliphatic carboxylic acids is 1. The molecule has 4 aromatic rings. The summed E-state index contributed by atoms with van der Waals surface area (Å²) in [6.45, 7) is 3.46. The molecule has 9 nitrogen and oxygen atoms in total. The molecule has 1 heterocycles. The molecule has 0 unspecified atom stereocenters. The minimum absolute atomic E-state index is 0.158. The molecule has 2 atom stereocenters. The van der Waals surface area contributed by atoms with Gasteiger partial charge in [0.15, 0.2) is 5.76 Å². The number of ether oxygens (including phenoxy) is 1. The minimum atomic E-state index is -1.12. The van der Waals surface area contributed by atoms with Crippen LogP contribution in [0.2, 0.25) is 0 Å². The summed E-state index contributed by atoms with van der Waals surface area (Å²) < 4.78 is 10.9. The first-order valence-electron chi connectivity index (χ1n) is 12.0. The van der Waals surface area contributed by atoms with Crippen LogP contribution in [0.15, 0.2) is 89.5 Å². The van der Waals surface area contributed by atoms with E-state index in [1.807, 2.05) is 48.5 Å². The number of nitrogens with one attached hydrogen (secondary N) is 2. The van der Waals surface area contributed by atoms with Gasteiger partial charge in [0.05, 0.1) is 0 Å². The second-order valence-electron chi connectivity index (χ2n) is 8.69. The van der Waals surface area contributed by atoms with Gasteiger partial charge in [0.25, 0.3) is 5.91 Å². The maximum absolute atomic E-state index is 12.7. The second-order valence-corrected chi connectivity index (χ2v) is 8.69. The third kappa shape index (κ3) is 6.44. The summed E-state index contributed by atoms with van der Waals surface area (Å²) in [5.41, 5.74) is 3.29. The van der Waals surface area contributed by atoms with Crippen LogP contribution in [-0.2, 0) is 16.0 Å². The van der Waals surface area contributed by atoms with Crippen LogP contribution < -0.4 is 10.6 Å². The highest BCUT2D eigenvalue weighted by molar-refractivity contribution is 5.97. The summed E-state index contributed by atoms with van der Waals surface area (Å²) in [4.78, 5) is 37.0. The third-order valence-electron chi connectivity index (χ3n) is 5.94. The molecule has 3 aromatic carbocycles. The zero-order chi connectivity index (χ0) is 27.1. The summed E-state index contributed by atoms with van der Waals surface area (Å²) in [6.07, 6.45) is -0.970. The highest BCUT2D eigenvalue weighted by atomic mass is 16.6. The summed E-state index contributed by atoms with van der Waals surface area (Å²) in [7, 11) is 0. The maximum Gasteiger partial charge on any atom is 0.412 e. The van der Waals surface area contributed by atoms with Gasteiger partial charge in [0.2, 0.25) is 0 Å². The van der Waals surface area contributed by atoms with Crippen LogP contribution in [0.25, 0.3) is 11.3 Å². The number of anilines is 1. The van der Waals surface area contributed by atoms with Gasteiger partial charge in [-0.2, -0.15) is 0 Å². The molecule has 0 aliphatic carbocycles. The molecule has 38 heavy (non-hydrogen) atoms. The Hall–Kier alpha value is -4.92. The lowest BCUT2D eigenvalue weighted by Crippen LogP contribution is -2.42. The molecule has 9 heteroatoms. The van der Waals surface area contributed by atoms with E-state index in [0.717, 1.165) is 11.1 Å². The zero-order valence-corrected chi connectivity index (χ0v) is 20.9. The van der Waals surface area contributed by atoms with Crippen molar-refractivity contribution < 1.29 is 28.8 Å². The lowest BCUT2D eigenvalue weighted by molar-refractivity contribution is -0.139. The molecule has 4 rings (SSSR count). The van der Waals surface area contributed by atoms with Crippen LogP contribution in [0, 0.1) is 6.92 Å². The van der Waals surface area contributed by atoms with Gasteiger partial charge in [-0.05, 0) is 37.1 Å². The molecule has 0 saturated heterocycles. The van der Waals surface area contributed by atoms with Crippen molar-refractivity contribution in [1.82, 2.24) is 10.5 Å². The van der Waals surface area contributed by atoms with E-state index in [1.54, 1.807) is 50.2 Å². The van der Waals surface area contributed by atoms with Crippen LogP contribution in [0.5, 0.6) is 0 Å². The Labute approximate surface area is 219 Å². The van der Waals surface area contributed by atoms with Crippen molar-refractivity contribution in [3.8, 4) is 11.3 Å². The maximum atomic E-state index is 12.7. The van der Waals surface area contributed by atoms with Crippen molar-refractivity contribution in [3.05, 3.63) is 107 Å². The Kier molecular flexibility index (Phi) is 8.17. The molecule has 0 saturated carbocycles. The Bertz CT molecular complexity index is 1400. The summed E-state index contributed by atoms with van der Waals surface area (Å²) in [5, 5.41) is 18.8. The topological polar surface area (TPSA) is 131 Å². The molecule has 0 bridgehead atoms. The largest absolute Gasteiger partial charge is 0.480 e. The van der Waals surface area contributed by atoms with E-state index in [1.165, 1.54) is 0 Å². The van der Waals surface area contributed by atoms with Crippen molar-refractivity contribution in [1.29, 1.82) is 0 Å². The molecular formula is C29H27N3O6. The molecule has 194 valence electrons. The quantitative estimate of drug-likeness (QED) is 0.274. The molecule has 0 fully saturated rings. The zero-order valence-electron chi connectivity index (χ0n) is 20.9. The van der Waals surface area contributed by atoms with E-state index in [0.29, 0.717) is 22.7 Å². The summed E-state index contributed by atoms with van der Waals surface area (Å²) in [5.74, 6) is -1.35. The van der Waals surface area contributed by atoms with Crippen molar-refractivity contribution in [2.75, 3.05) is 5.32 Å². The van der Waals surface area contributed by atoms with Gasteiger partial charge in [-0.15, -0.1) is 0 Å². The standard InChI is InChI=1S/C29H27N3O6/c1-18-25(31-29(36)37-19(2)21-11-7-4-8-12-21)26(38-32-18)22-13-15-23(16-14-22)27(33)30-24(28(34)35)17-20-9-5-3-6-10-20/h3-16,19,24H,17H2,1-2H3,(H,30,33)(H,31,36)(H,34,35)/t19-,24-/m0/s1. The van der Waals surface area contributed by atoms with Gasteiger partial charge in [-0.1, -0.05) is 78.0 Å². The number of hydrogen-bond donors (Lipinski definition) is 3. The Morgan fingerprint density at radius 3 is 2.21 bits per heavy atom. The van der Waals surface area contributed by atoms with Crippen molar-refractivity contribution in [3.63, 3.8) is 0 Å². The average Bonchev–Trinajstić information content (AvgIpc) is 3.28. The lowest BCUT2D eigenvalue weighted by Gasteiger charge is -2.15. The molecule has 0 radical (unpaired) electrons. The minimum Gasteiger partial charge on any atom is -0.480 e. The van der Waals surface area contributed by atoms with Gasteiger partial charge in [0, 0.05) is 17.5 Å².